The van der Waals surface area contributed by atoms with Crippen LogP contribution in [0, 0.1) is 4.91 Å². The fourth-order valence-corrected chi connectivity index (χ4v) is 5.09. The number of hydrogen-bond acceptors (Lipinski definition) is 2. The quantitative estimate of drug-likeness (QED) is 0.205. The Bertz CT molecular complexity index is 1630. The zero-order chi connectivity index (χ0) is 23.8. The molecule has 0 unspecified atom stereocenters. The van der Waals surface area contributed by atoms with Crippen molar-refractivity contribution >= 4 is 39.4 Å². The summed E-state index contributed by atoms with van der Waals surface area (Å²) in [6.45, 7) is 0. The lowest BCUT2D eigenvalue weighted by Crippen LogP contribution is -2.34. The van der Waals surface area contributed by atoms with E-state index in [-0.39, 0.29) is 0 Å². The van der Waals surface area contributed by atoms with E-state index in [1.807, 2.05) is 12.1 Å². The molecule has 0 bridgehead atoms. The Morgan fingerprint density at radius 2 is 1.29 bits per heavy atom. The van der Waals surface area contributed by atoms with Gasteiger partial charge in [0.15, 0.2) is 0 Å². The van der Waals surface area contributed by atoms with Crippen LogP contribution in [0.4, 0.5) is 5.69 Å². The molecule has 1 aliphatic rings. The van der Waals surface area contributed by atoms with Crippen LogP contribution in [0.2, 0.25) is 0 Å². The predicted molar refractivity (Wildman–Crippen MR) is 144 cm³/mol. The van der Waals surface area contributed by atoms with Crippen molar-refractivity contribution in [2.45, 2.75) is 0 Å². The van der Waals surface area contributed by atoms with Crippen molar-refractivity contribution in [3.63, 3.8) is 0 Å². The molecule has 0 saturated carbocycles. The summed E-state index contributed by atoms with van der Waals surface area (Å²) >= 11 is 0. The molecule has 166 valence electrons. The molecule has 35 heavy (non-hydrogen) atoms. The number of aryl methyl sites for hydroxylation is 1. The molecule has 0 atom stereocenters. The van der Waals surface area contributed by atoms with Crippen molar-refractivity contribution in [3.8, 4) is 0 Å². The Morgan fingerprint density at radius 3 is 1.94 bits per heavy atom. The fraction of sp³-hybridized carbons (Fsp3) is 0.0312. The molecule has 3 nitrogen and oxygen atoms in total. The Labute approximate surface area is 204 Å². The van der Waals surface area contributed by atoms with Gasteiger partial charge in [-0.3, -0.25) is 0 Å². The normalized spacial score (nSPS) is 13.9. The molecule has 1 aromatic heterocycles. The number of rotatable bonds is 4. The number of allylic oxidation sites excluding steroid dienone is 2. The molecule has 3 heteroatoms. The van der Waals surface area contributed by atoms with Crippen LogP contribution >= 0.6 is 0 Å². The van der Waals surface area contributed by atoms with Gasteiger partial charge in [-0.05, 0) is 52.2 Å². The topological polar surface area (TPSA) is 33.3 Å². The molecule has 0 N–H and O–H groups in total. The molecule has 0 saturated heterocycles. The second kappa shape index (κ2) is 8.62. The average molecular weight is 452 g/mol. The molecule has 4 aromatic carbocycles. The lowest BCUT2D eigenvalue weighted by Gasteiger charge is -2.10. The first-order valence-electron chi connectivity index (χ1n) is 11.7. The van der Waals surface area contributed by atoms with Crippen LogP contribution in [0.15, 0.2) is 120 Å². The maximum Gasteiger partial charge on any atom is 0.221 e. The zero-order valence-corrected chi connectivity index (χ0v) is 19.3. The lowest BCUT2D eigenvalue weighted by atomic mass is 9.92. The SMILES string of the molecule is C[n+]1c2c(cc3ccccc31)C(c1ccccc1)=C(c1ccccc1)/C2=C\c1ccc(N=O)cc1. The molecule has 0 aliphatic heterocycles. The van der Waals surface area contributed by atoms with Crippen molar-refractivity contribution < 1.29 is 4.57 Å². The summed E-state index contributed by atoms with van der Waals surface area (Å²) in [5, 5.41) is 4.26. The van der Waals surface area contributed by atoms with Crippen LogP contribution in [0.25, 0.3) is 33.7 Å². The van der Waals surface area contributed by atoms with E-state index in [1.165, 1.54) is 44.4 Å². The Balaban J connectivity index is 1.73. The van der Waals surface area contributed by atoms with Crippen molar-refractivity contribution in [1.82, 2.24) is 0 Å². The molecule has 6 rings (SSSR count). The highest BCUT2D eigenvalue weighted by molar-refractivity contribution is 6.26. The van der Waals surface area contributed by atoms with Crippen LogP contribution in [-0.4, -0.2) is 0 Å². The average Bonchev–Trinajstić information content (AvgIpc) is 3.24. The summed E-state index contributed by atoms with van der Waals surface area (Å²) < 4.78 is 2.30. The van der Waals surface area contributed by atoms with Crippen molar-refractivity contribution in [2.24, 2.45) is 12.2 Å². The fourth-order valence-electron chi connectivity index (χ4n) is 5.09. The van der Waals surface area contributed by atoms with Gasteiger partial charge in [0.2, 0.25) is 11.2 Å². The van der Waals surface area contributed by atoms with Crippen LogP contribution < -0.4 is 4.57 Å². The van der Waals surface area contributed by atoms with Crippen LogP contribution in [0.1, 0.15) is 27.9 Å². The van der Waals surface area contributed by atoms with Crippen LogP contribution in [-0.2, 0) is 7.05 Å². The number of nitrogens with zero attached hydrogens (tertiary/aromatic N) is 2. The molecule has 1 aliphatic carbocycles. The minimum Gasteiger partial charge on any atom is -0.194 e. The highest BCUT2D eigenvalue weighted by Gasteiger charge is 2.36. The van der Waals surface area contributed by atoms with Gasteiger partial charge in [0.1, 0.15) is 12.7 Å². The molecular weight excluding hydrogens is 428 g/mol. The predicted octanol–water partition coefficient (Wildman–Crippen LogP) is 7.58. The minimum absolute atomic E-state index is 0.430. The van der Waals surface area contributed by atoms with E-state index in [4.69, 9.17) is 0 Å². The van der Waals surface area contributed by atoms with Crippen LogP contribution in [0.3, 0.4) is 0 Å². The number of para-hydroxylation sites is 1. The maximum atomic E-state index is 11.0. The third-order valence-electron chi connectivity index (χ3n) is 6.67. The largest absolute Gasteiger partial charge is 0.221 e. The number of hydrogen-bond donors (Lipinski definition) is 0. The van der Waals surface area contributed by atoms with E-state index in [2.05, 4.69) is 114 Å². The molecule has 0 radical (unpaired) electrons. The number of pyridine rings is 1. The van der Waals surface area contributed by atoms with E-state index in [0.717, 1.165) is 11.1 Å². The monoisotopic (exact) mass is 451 g/mol. The number of benzene rings is 4. The second-order valence-electron chi connectivity index (χ2n) is 8.75. The van der Waals surface area contributed by atoms with Crippen molar-refractivity contribution in [2.75, 3.05) is 0 Å². The molecular formula is C32H23N2O+. The van der Waals surface area contributed by atoms with Gasteiger partial charge in [0, 0.05) is 22.6 Å². The first kappa shape index (κ1) is 20.9. The van der Waals surface area contributed by atoms with Gasteiger partial charge in [-0.15, -0.1) is 4.91 Å². The molecule has 0 amide bonds. The van der Waals surface area contributed by atoms with E-state index in [9.17, 15) is 4.91 Å². The summed E-state index contributed by atoms with van der Waals surface area (Å²) in [5.74, 6) is 0. The summed E-state index contributed by atoms with van der Waals surface area (Å²) in [4.78, 5) is 11.0. The minimum atomic E-state index is 0.430. The van der Waals surface area contributed by atoms with Crippen LogP contribution in [0.5, 0.6) is 0 Å². The molecule has 5 aromatic rings. The highest BCUT2D eigenvalue weighted by Crippen LogP contribution is 2.49. The van der Waals surface area contributed by atoms with Gasteiger partial charge in [0.05, 0.1) is 11.1 Å². The summed E-state index contributed by atoms with van der Waals surface area (Å²) in [6, 6.07) is 39.5. The van der Waals surface area contributed by atoms with E-state index >= 15 is 0 Å². The number of nitroso groups, excluding NO2 is 1. The van der Waals surface area contributed by atoms with E-state index in [1.54, 1.807) is 12.1 Å². The Hall–Kier alpha value is -4.63. The lowest BCUT2D eigenvalue weighted by molar-refractivity contribution is -0.647. The van der Waals surface area contributed by atoms with Gasteiger partial charge >= 0.3 is 0 Å². The van der Waals surface area contributed by atoms with E-state index in [0.29, 0.717) is 5.69 Å². The first-order valence-corrected chi connectivity index (χ1v) is 11.7. The van der Waals surface area contributed by atoms with Gasteiger partial charge in [-0.1, -0.05) is 84.9 Å². The summed E-state index contributed by atoms with van der Waals surface area (Å²) in [7, 11) is 2.14. The van der Waals surface area contributed by atoms with Gasteiger partial charge in [0.25, 0.3) is 0 Å². The van der Waals surface area contributed by atoms with Gasteiger partial charge < -0.3 is 0 Å². The summed E-state index contributed by atoms with van der Waals surface area (Å²) in [6.07, 6.45) is 2.22. The Kier molecular flexibility index (Phi) is 5.16. The van der Waals surface area contributed by atoms with Gasteiger partial charge in [-0.2, -0.15) is 4.57 Å². The standard InChI is InChI=1S/C32H23N2O/c1-34-29-15-9-8-14-25(29)21-28-31(24-12-6-3-7-13-24)30(23-10-4-2-5-11-23)27(32(28)34)20-22-16-18-26(33-35)19-17-22/h2-21H,1H3/q+1. The third-order valence-corrected chi connectivity index (χ3v) is 6.67. The molecule has 0 spiro atoms. The van der Waals surface area contributed by atoms with Gasteiger partial charge in [-0.25, -0.2) is 0 Å². The summed E-state index contributed by atoms with van der Waals surface area (Å²) in [5.41, 5.74) is 11.0. The Morgan fingerprint density at radius 1 is 0.686 bits per heavy atom. The molecule has 0 fully saturated rings. The number of fused-ring (bicyclic) bond motifs is 2. The zero-order valence-electron chi connectivity index (χ0n) is 19.3. The van der Waals surface area contributed by atoms with Crippen molar-refractivity contribution in [1.29, 1.82) is 0 Å². The highest BCUT2D eigenvalue weighted by atomic mass is 16.3. The maximum absolute atomic E-state index is 11.0. The third kappa shape index (κ3) is 3.58. The molecule has 1 heterocycles. The second-order valence-corrected chi connectivity index (χ2v) is 8.75. The van der Waals surface area contributed by atoms with E-state index < -0.39 is 0 Å². The number of aromatic nitrogens is 1. The first-order chi connectivity index (χ1) is 17.2. The smallest absolute Gasteiger partial charge is 0.194 e. The van der Waals surface area contributed by atoms with Crippen molar-refractivity contribution in [3.05, 3.63) is 148 Å².